The lowest BCUT2D eigenvalue weighted by Crippen LogP contribution is -2.55. The average Bonchev–Trinajstić information content (AvgIpc) is 2.46. The number of hydrogen-bond acceptors (Lipinski definition) is 5. The Morgan fingerprint density at radius 3 is 2.71 bits per heavy atom. The second-order valence-electron chi connectivity index (χ2n) is 6.29. The highest BCUT2D eigenvalue weighted by molar-refractivity contribution is 4.94. The van der Waals surface area contributed by atoms with Gasteiger partial charge in [0.25, 0.3) is 0 Å². The lowest BCUT2D eigenvalue weighted by atomic mass is 9.80. The molecule has 2 N–H and O–H groups in total. The Bertz CT molecular complexity index is 263. The molecule has 1 aliphatic carbocycles. The van der Waals surface area contributed by atoms with Crippen LogP contribution < -0.4 is 5.32 Å². The van der Waals surface area contributed by atoms with Crippen LogP contribution in [0.2, 0.25) is 0 Å². The summed E-state index contributed by atoms with van der Waals surface area (Å²) >= 11 is 0. The quantitative estimate of drug-likeness (QED) is 0.569. The second-order valence-corrected chi connectivity index (χ2v) is 6.29. The fraction of sp³-hybridized carbons (Fsp3) is 1.00. The van der Waals surface area contributed by atoms with E-state index in [1.165, 1.54) is 0 Å². The highest BCUT2D eigenvalue weighted by Gasteiger charge is 2.36. The van der Waals surface area contributed by atoms with Crippen LogP contribution in [-0.4, -0.2) is 62.9 Å². The molecule has 0 heterocycles. The van der Waals surface area contributed by atoms with E-state index in [2.05, 4.69) is 19.2 Å². The summed E-state index contributed by atoms with van der Waals surface area (Å²) in [4.78, 5) is 0. The molecule has 1 fully saturated rings. The normalized spacial score (nSPS) is 26.4. The monoisotopic (exact) mass is 303 g/mol. The van der Waals surface area contributed by atoms with Crippen molar-refractivity contribution < 1.29 is 19.3 Å². The molecule has 2 atom stereocenters. The summed E-state index contributed by atoms with van der Waals surface area (Å²) in [5, 5.41) is 13.3. The SMILES string of the molecule is COCCOCCCOC1CCCC(CO)(NC(C)C)C1. The molecule has 2 unspecified atom stereocenters. The van der Waals surface area contributed by atoms with Crippen molar-refractivity contribution in [3.63, 3.8) is 0 Å². The van der Waals surface area contributed by atoms with Gasteiger partial charge in [-0.3, -0.25) is 0 Å². The summed E-state index contributed by atoms with van der Waals surface area (Å²) in [5.41, 5.74) is -0.161. The molecule has 1 rings (SSSR count). The summed E-state index contributed by atoms with van der Waals surface area (Å²) in [6.07, 6.45) is 5.27. The van der Waals surface area contributed by atoms with Gasteiger partial charge in [0.2, 0.25) is 0 Å². The molecule has 0 bridgehead atoms. The van der Waals surface area contributed by atoms with Crippen molar-refractivity contribution in [2.75, 3.05) is 40.1 Å². The Hall–Kier alpha value is -0.200. The van der Waals surface area contributed by atoms with Crippen LogP contribution in [0.1, 0.15) is 46.0 Å². The van der Waals surface area contributed by atoms with E-state index >= 15 is 0 Å². The molecule has 0 aromatic carbocycles. The van der Waals surface area contributed by atoms with Crippen LogP contribution >= 0.6 is 0 Å². The zero-order valence-electron chi connectivity index (χ0n) is 13.9. The minimum atomic E-state index is -0.161. The van der Waals surface area contributed by atoms with E-state index in [-0.39, 0.29) is 18.2 Å². The van der Waals surface area contributed by atoms with E-state index in [4.69, 9.17) is 14.2 Å². The molecular formula is C16H33NO4. The van der Waals surface area contributed by atoms with Crippen LogP contribution in [0, 0.1) is 0 Å². The molecule has 0 spiro atoms. The van der Waals surface area contributed by atoms with E-state index < -0.39 is 0 Å². The maximum Gasteiger partial charge on any atom is 0.0700 e. The molecule has 5 nitrogen and oxygen atoms in total. The maximum absolute atomic E-state index is 9.75. The topological polar surface area (TPSA) is 60.0 Å². The van der Waals surface area contributed by atoms with Gasteiger partial charge in [0.15, 0.2) is 0 Å². The molecule has 0 aromatic rings. The zero-order chi connectivity index (χ0) is 15.6. The minimum Gasteiger partial charge on any atom is -0.394 e. The van der Waals surface area contributed by atoms with Crippen LogP contribution in [0.3, 0.4) is 0 Å². The lowest BCUT2D eigenvalue weighted by Gasteiger charge is -2.41. The predicted octanol–water partition coefficient (Wildman–Crippen LogP) is 1.73. The van der Waals surface area contributed by atoms with Crippen LogP contribution in [0.15, 0.2) is 0 Å². The summed E-state index contributed by atoms with van der Waals surface area (Å²) in [5.74, 6) is 0. The summed E-state index contributed by atoms with van der Waals surface area (Å²) in [6, 6.07) is 0.380. The van der Waals surface area contributed by atoms with E-state index in [9.17, 15) is 5.11 Å². The van der Waals surface area contributed by atoms with Gasteiger partial charge in [-0.1, -0.05) is 13.8 Å². The molecular weight excluding hydrogens is 270 g/mol. The van der Waals surface area contributed by atoms with Crippen molar-refractivity contribution in [2.24, 2.45) is 0 Å². The first kappa shape index (κ1) is 18.8. The highest BCUT2D eigenvalue weighted by atomic mass is 16.5. The number of nitrogens with one attached hydrogen (secondary N) is 1. The van der Waals surface area contributed by atoms with Crippen molar-refractivity contribution in [1.29, 1.82) is 0 Å². The fourth-order valence-electron chi connectivity index (χ4n) is 3.04. The van der Waals surface area contributed by atoms with Crippen LogP contribution in [-0.2, 0) is 14.2 Å². The molecule has 0 aliphatic heterocycles. The van der Waals surface area contributed by atoms with Gasteiger partial charge in [-0.25, -0.2) is 0 Å². The van der Waals surface area contributed by atoms with E-state index in [0.717, 1.165) is 38.7 Å². The van der Waals surface area contributed by atoms with Crippen LogP contribution in [0.25, 0.3) is 0 Å². The van der Waals surface area contributed by atoms with Gasteiger partial charge >= 0.3 is 0 Å². The molecule has 0 saturated heterocycles. The molecule has 5 heteroatoms. The number of aliphatic hydroxyl groups is 1. The Labute approximate surface area is 129 Å². The third kappa shape index (κ3) is 7.56. The van der Waals surface area contributed by atoms with Gasteiger partial charge in [0.1, 0.15) is 0 Å². The Morgan fingerprint density at radius 2 is 2.05 bits per heavy atom. The molecule has 0 aromatic heterocycles. The molecule has 21 heavy (non-hydrogen) atoms. The predicted molar refractivity (Wildman–Crippen MR) is 83.6 cm³/mol. The standard InChI is InChI=1S/C16H33NO4/c1-14(2)17-16(13-18)7-4-6-15(12-16)21-9-5-8-20-11-10-19-3/h14-15,17-18H,4-13H2,1-3H3. The van der Waals surface area contributed by atoms with Gasteiger partial charge in [-0.05, 0) is 32.1 Å². The third-order valence-electron chi connectivity index (χ3n) is 3.92. The van der Waals surface area contributed by atoms with Crippen LogP contribution in [0.4, 0.5) is 0 Å². The Morgan fingerprint density at radius 1 is 1.24 bits per heavy atom. The van der Waals surface area contributed by atoms with Crippen molar-refractivity contribution >= 4 is 0 Å². The van der Waals surface area contributed by atoms with Crippen molar-refractivity contribution in [1.82, 2.24) is 5.32 Å². The summed E-state index contributed by atoms with van der Waals surface area (Å²) < 4.78 is 16.3. The van der Waals surface area contributed by atoms with Crippen molar-refractivity contribution in [2.45, 2.75) is 63.6 Å². The van der Waals surface area contributed by atoms with Gasteiger partial charge in [-0.2, -0.15) is 0 Å². The number of methoxy groups -OCH3 is 1. The average molecular weight is 303 g/mol. The number of rotatable bonds is 11. The number of aliphatic hydroxyl groups excluding tert-OH is 1. The lowest BCUT2D eigenvalue weighted by molar-refractivity contribution is -0.0262. The molecule has 126 valence electrons. The van der Waals surface area contributed by atoms with Gasteiger partial charge in [0, 0.05) is 31.9 Å². The van der Waals surface area contributed by atoms with Gasteiger partial charge < -0.3 is 24.6 Å². The first-order valence-corrected chi connectivity index (χ1v) is 8.19. The fourth-order valence-corrected chi connectivity index (χ4v) is 3.04. The molecule has 0 radical (unpaired) electrons. The summed E-state index contributed by atoms with van der Waals surface area (Å²) in [6.45, 7) is 7.16. The van der Waals surface area contributed by atoms with E-state index in [1.807, 2.05) is 0 Å². The number of ether oxygens (including phenoxy) is 3. The summed E-state index contributed by atoms with van der Waals surface area (Å²) in [7, 11) is 1.67. The van der Waals surface area contributed by atoms with E-state index in [0.29, 0.717) is 25.9 Å². The smallest absolute Gasteiger partial charge is 0.0700 e. The second kappa shape index (κ2) is 10.5. The maximum atomic E-state index is 9.75. The highest BCUT2D eigenvalue weighted by Crippen LogP contribution is 2.30. The van der Waals surface area contributed by atoms with Crippen molar-refractivity contribution in [3.05, 3.63) is 0 Å². The van der Waals surface area contributed by atoms with Gasteiger partial charge in [0.05, 0.1) is 25.9 Å². The number of hydrogen-bond donors (Lipinski definition) is 2. The minimum absolute atomic E-state index is 0.161. The van der Waals surface area contributed by atoms with E-state index in [1.54, 1.807) is 7.11 Å². The largest absolute Gasteiger partial charge is 0.394 e. The molecule has 0 amide bonds. The molecule has 1 aliphatic rings. The van der Waals surface area contributed by atoms with Crippen LogP contribution in [0.5, 0.6) is 0 Å². The first-order valence-electron chi connectivity index (χ1n) is 8.19. The van der Waals surface area contributed by atoms with Gasteiger partial charge in [-0.15, -0.1) is 0 Å². The molecule has 1 saturated carbocycles. The zero-order valence-corrected chi connectivity index (χ0v) is 13.9. The van der Waals surface area contributed by atoms with Crippen molar-refractivity contribution in [3.8, 4) is 0 Å². The Kier molecular flexibility index (Phi) is 9.44. The third-order valence-corrected chi connectivity index (χ3v) is 3.92. The Balaban J connectivity index is 2.20. The first-order chi connectivity index (χ1) is 10.1.